The maximum Gasteiger partial charge on any atom is 0.423 e. The van der Waals surface area contributed by atoms with Crippen molar-refractivity contribution in [3.8, 4) is 11.9 Å². The lowest BCUT2D eigenvalue weighted by Crippen LogP contribution is -2.29. The van der Waals surface area contributed by atoms with E-state index in [1.54, 1.807) is 18.3 Å². The quantitative estimate of drug-likeness (QED) is 0.467. The summed E-state index contributed by atoms with van der Waals surface area (Å²) in [5, 5.41) is 38.9. The number of hydrogen-bond acceptors (Lipinski definition) is 9. The molecule has 1 saturated carbocycles. The number of pyridine rings is 1. The first-order chi connectivity index (χ1) is 16.3. The summed E-state index contributed by atoms with van der Waals surface area (Å²) < 4.78 is 47.0. The minimum absolute atomic E-state index is 0.0347. The van der Waals surface area contributed by atoms with Crippen molar-refractivity contribution in [1.29, 1.82) is 5.26 Å². The van der Waals surface area contributed by atoms with Crippen molar-refractivity contribution >= 4 is 11.6 Å². The molecule has 0 aromatic carbocycles. The molecule has 0 unspecified atom stereocenters. The molecule has 180 valence electrons. The molecule has 0 bridgehead atoms. The highest BCUT2D eigenvalue weighted by atomic mass is 19.4. The van der Waals surface area contributed by atoms with Gasteiger partial charge in [-0.3, -0.25) is 4.40 Å². The number of halogens is 3. The van der Waals surface area contributed by atoms with E-state index in [0.717, 1.165) is 25.1 Å². The van der Waals surface area contributed by atoms with Gasteiger partial charge in [0.2, 0.25) is 11.8 Å². The van der Waals surface area contributed by atoms with Crippen LogP contribution in [0.4, 0.5) is 19.1 Å². The fourth-order valence-corrected chi connectivity index (χ4v) is 4.01. The van der Waals surface area contributed by atoms with Crippen LogP contribution >= 0.6 is 0 Å². The second-order valence-electron chi connectivity index (χ2n) is 8.03. The zero-order chi connectivity index (χ0) is 24.3. The van der Waals surface area contributed by atoms with Crippen molar-refractivity contribution in [1.82, 2.24) is 24.6 Å². The summed E-state index contributed by atoms with van der Waals surface area (Å²) >= 11 is 0. The lowest BCUT2D eigenvalue weighted by atomic mass is 9.85. The van der Waals surface area contributed by atoms with E-state index in [4.69, 9.17) is 10.00 Å². The Kier molecular flexibility index (Phi) is 6.80. The topological polar surface area (TPSA) is 141 Å². The van der Waals surface area contributed by atoms with E-state index >= 15 is 0 Å². The number of nitrogens with one attached hydrogen (secondary N) is 1. The van der Waals surface area contributed by atoms with Gasteiger partial charge in [0.1, 0.15) is 17.5 Å². The largest absolute Gasteiger partial charge is 0.469 e. The molecule has 0 amide bonds. The summed E-state index contributed by atoms with van der Waals surface area (Å²) in [7, 11) is 0. The lowest BCUT2D eigenvalue weighted by Gasteiger charge is -2.29. The van der Waals surface area contributed by atoms with Gasteiger partial charge in [-0.1, -0.05) is 6.42 Å². The van der Waals surface area contributed by atoms with Crippen LogP contribution in [0.2, 0.25) is 0 Å². The Labute approximate surface area is 192 Å². The Balaban J connectivity index is 1.53. The second kappa shape index (κ2) is 9.78. The summed E-state index contributed by atoms with van der Waals surface area (Å²) in [5.41, 5.74) is -0.144. The van der Waals surface area contributed by atoms with Gasteiger partial charge in [-0.2, -0.15) is 23.4 Å². The molecule has 1 fully saturated rings. The molecule has 0 spiro atoms. The average Bonchev–Trinajstić information content (AvgIpc) is 3.25. The number of aliphatic hydroxyl groups is 2. The minimum Gasteiger partial charge on any atom is -0.469 e. The third kappa shape index (κ3) is 5.02. The first kappa shape index (κ1) is 23.7. The van der Waals surface area contributed by atoms with Crippen LogP contribution in [0.15, 0.2) is 24.5 Å². The van der Waals surface area contributed by atoms with Crippen LogP contribution in [-0.4, -0.2) is 60.1 Å². The predicted molar refractivity (Wildman–Crippen MR) is 112 cm³/mol. The van der Waals surface area contributed by atoms with Gasteiger partial charge >= 0.3 is 6.18 Å². The lowest BCUT2D eigenvalue weighted by molar-refractivity contribution is -0.140. The smallest absolute Gasteiger partial charge is 0.423 e. The van der Waals surface area contributed by atoms with Crippen LogP contribution < -0.4 is 10.1 Å². The Bertz CT molecular complexity index is 1190. The van der Waals surface area contributed by atoms with Gasteiger partial charge in [0.05, 0.1) is 24.8 Å². The van der Waals surface area contributed by atoms with Crippen LogP contribution in [0, 0.1) is 11.3 Å². The second-order valence-corrected chi connectivity index (χ2v) is 8.03. The molecule has 3 aromatic heterocycles. The zero-order valence-corrected chi connectivity index (χ0v) is 17.9. The van der Waals surface area contributed by atoms with E-state index in [9.17, 15) is 23.4 Å². The van der Waals surface area contributed by atoms with Gasteiger partial charge in [0.25, 0.3) is 0 Å². The number of rotatable bonds is 7. The Morgan fingerprint density at radius 2 is 2.06 bits per heavy atom. The van der Waals surface area contributed by atoms with Crippen LogP contribution in [0.1, 0.15) is 48.6 Å². The number of ether oxygens (including phenoxy) is 1. The van der Waals surface area contributed by atoms with Gasteiger partial charge in [-0.25, -0.2) is 4.98 Å². The first-order valence-electron chi connectivity index (χ1n) is 10.7. The van der Waals surface area contributed by atoms with E-state index in [1.807, 2.05) is 4.40 Å². The molecule has 0 aliphatic heterocycles. The molecular formula is C21H22F3N7O3. The molecule has 0 saturated heterocycles. The number of hydrogen-bond donors (Lipinski definition) is 3. The summed E-state index contributed by atoms with van der Waals surface area (Å²) in [6.45, 7) is -1.35. The van der Waals surface area contributed by atoms with Crippen molar-refractivity contribution in [3.05, 3.63) is 41.5 Å². The van der Waals surface area contributed by atoms with Gasteiger partial charge in [-0.05, 0) is 25.3 Å². The van der Waals surface area contributed by atoms with Crippen LogP contribution in [0.25, 0.3) is 5.65 Å². The fourth-order valence-electron chi connectivity index (χ4n) is 4.01. The molecule has 3 aromatic rings. The normalized spacial score (nSPS) is 18.7. The highest BCUT2D eigenvalue weighted by Gasteiger charge is 2.37. The number of aromatic nitrogens is 5. The fraction of sp³-hybridized carbons (Fsp3) is 0.476. The number of fused-ring (bicyclic) bond motifs is 1. The van der Waals surface area contributed by atoms with Crippen LogP contribution in [0.5, 0.6) is 5.88 Å². The van der Waals surface area contributed by atoms with E-state index < -0.39 is 36.9 Å². The molecule has 1 aliphatic rings. The van der Waals surface area contributed by atoms with Crippen molar-refractivity contribution in [2.45, 2.75) is 49.9 Å². The molecule has 3 N–H and O–H groups in total. The highest BCUT2D eigenvalue weighted by Crippen LogP contribution is 2.37. The van der Waals surface area contributed by atoms with E-state index in [2.05, 4.69) is 31.6 Å². The van der Waals surface area contributed by atoms with Gasteiger partial charge in [0, 0.05) is 30.4 Å². The van der Waals surface area contributed by atoms with Gasteiger partial charge in [-0.15, -0.1) is 10.2 Å². The number of nitrogens with zero attached hydrogens (tertiary/aromatic N) is 6. The number of alkyl halides is 3. The molecule has 0 radical (unpaired) electrons. The molecule has 34 heavy (non-hydrogen) atoms. The van der Waals surface area contributed by atoms with Crippen molar-refractivity contribution < 1.29 is 28.1 Å². The molecule has 13 heteroatoms. The Morgan fingerprint density at radius 3 is 2.76 bits per heavy atom. The molecule has 10 nitrogen and oxygen atoms in total. The van der Waals surface area contributed by atoms with Gasteiger partial charge < -0.3 is 20.3 Å². The molecule has 3 heterocycles. The van der Waals surface area contributed by atoms with Crippen molar-refractivity contribution in [2.75, 3.05) is 18.5 Å². The Hall–Kier alpha value is -3.50. The monoisotopic (exact) mass is 477 g/mol. The SMILES string of the molecule is N#Cc1ccn2c([C@H]3CCC[C@@H](Nc4ncc(C(F)(F)F)c(OC(CO)CO)n4)C3)nnc2c1. The van der Waals surface area contributed by atoms with E-state index in [1.165, 1.54) is 0 Å². The Morgan fingerprint density at radius 1 is 1.26 bits per heavy atom. The van der Waals surface area contributed by atoms with E-state index in [-0.39, 0.29) is 17.9 Å². The molecule has 4 rings (SSSR count). The molecule has 2 atom stereocenters. The third-order valence-electron chi connectivity index (χ3n) is 5.68. The maximum atomic E-state index is 13.3. The third-order valence-corrected chi connectivity index (χ3v) is 5.68. The minimum atomic E-state index is -4.76. The maximum absolute atomic E-state index is 13.3. The highest BCUT2D eigenvalue weighted by molar-refractivity contribution is 5.46. The summed E-state index contributed by atoms with van der Waals surface area (Å²) in [4.78, 5) is 7.68. The number of nitriles is 1. The zero-order valence-electron chi connectivity index (χ0n) is 17.9. The van der Waals surface area contributed by atoms with Crippen molar-refractivity contribution in [3.63, 3.8) is 0 Å². The van der Waals surface area contributed by atoms with Crippen molar-refractivity contribution in [2.24, 2.45) is 0 Å². The average molecular weight is 477 g/mol. The van der Waals surface area contributed by atoms with E-state index in [0.29, 0.717) is 23.8 Å². The number of aliphatic hydroxyl groups excluding tert-OH is 2. The standard InChI is InChI=1S/C21H22F3N7O3/c22-21(23,24)16-9-26-20(28-19(16)34-15(10-32)11-33)27-14-3-1-2-13(7-14)18-30-29-17-6-12(8-25)4-5-31(17)18/h4-6,9,13-15,32-33H,1-3,7,10-11H2,(H,26,27,28)/t13-,14+/m0/s1. The summed E-state index contributed by atoms with van der Waals surface area (Å²) in [5.74, 6) is -0.0279. The number of anilines is 1. The van der Waals surface area contributed by atoms with Gasteiger partial charge in [0.15, 0.2) is 5.65 Å². The summed E-state index contributed by atoms with van der Waals surface area (Å²) in [6, 6.07) is 5.26. The van der Waals surface area contributed by atoms with Crippen LogP contribution in [0.3, 0.4) is 0 Å². The molecule has 1 aliphatic carbocycles. The molecular weight excluding hydrogens is 455 g/mol. The summed E-state index contributed by atoms with van der Waals surface area (Å²) in [6.07, 6.45) is -0.564. The first-order valence-corrected chi connectivity index (χ1v) is 10.7. The van der Waals surface area contributed by atoms with Crippen LogP contribution in [-0.2, 0) is 6.18 Å². The predicted octanol–water partition coefficient (Wildman–Crippen LogP) is 2.28.